The summed E-state index contributed by atoms with van der Waals surface area (Å²) < 4.78 is 16.6. The van der Waals surface area contributed by atoms with Crippen molar-refractivity contribution in [2.75, 3.05) is 6.61 Å². The van der Waals surface area contributed by atoms with E-state index in [1.165, 1.54) is 0 Å². The molecule has 0 atom stereocenters. The van der Waals surface area contributed by atoms with Crippen molar-refractivity contribution in [2.45, 2.75) is 20.8 Å². The van der Waals surface area contributed by atoms with Crippen molar-refractivity contribution < 1.29 is 23.8 Å². The molecule has 0 bridgehead atoms. The summed E-state index contributed by atoms with van der Waals surface area (Å²) in [6.45, 7) is 5.95. The van der Waals surface area contributed by atoms with E-state index < -0.39 is 0 Å². The number of benzene rings is 2. The van der Waals surface area contributed by atoms with Gasteiger partial charge < -0.3 is 14.2 Å². The standard InChI is InChI=1S/C21H20O5/c1-4-24-15-9-10-16-18(12-15)25-19(20(16)22)11-14-7-5-6-8-17(14)26-21(23)13(2)3/h5-13H,4H2,1-3H3/b19-11-. The number of fused-ring (bicyclic) bond motifs is 1. The van der Waals surface area contributed by atoms with Crippen molar-refractivity contribution >= 4 is 17.8 Å². The molecule has 5 nitrogen and oxygen atoms in total. The lowest BCUT2D eigenvalue weighted by Gasteiger charge is -2.09. The lowest BCUT2D eigenvalue weighted by Crippen LogP contribution is -2.15. The number of ether oxygens (including phenoxy) is 3. The van der Waals surface area contributed by atoms with Crippen molar-refractivity contribution in [1.29, 1.82) is 0 Å². The van der Waals surface area contributed by atoms with E-state index in [9.17, 15) is 9.59 Å². The Morgan fingerprint density at radius 3 is 2.69 bits per heavy atom. The van der Waals surface area contributed by atoms with E-state index in [1.807, 2.05) is 6.92 Å². The van der Waals surface area contributed by atoms with Gasteiger partial charge in [-0.05, 0) is 31.2 Å². The van der Waals surface area contributed by atoms with E-state index in [0.29, 0.717) is 35.0 Å². The molecular formula is C21H20O5. The molecule has 2 aromatic rings. The topological polar surface area (TPSA) is 61.8 Å². The van der Waals surface area contributed by atoms with Gasteiger partial charge in [-0.3, -0.25) is 9.59 Å². The molecule has 0 spiro atoms. The van der Waals surface area contributed by atoms with Crippen LogP contribution in [-0.2, 0) is 4.79 Å². The van der Waals surface area contributed by atoms with Gasteiger partial charge in [-0.15, -0.1) is 0 Å². The van der Waals surface area contributed by atoms with Crippen LogP contribution < -0.4 is 14.2 Å². The zero-order valence-corrected chi connectivity index (χ0v) is 14.9. The van der Waals surface area contributed by atoms with Crippen LogP contribution in [0.5, 0.6) is 17.2 Å². The summed E-state index contributed by atoms with van der Waals surface area (Å²) in [5.41, 5.74) is 1.08. The molecule has 1 heterocycles. The number of carbonyl (C=O) groups excluding carboxylic acids is 2. The number of Topliss-reactive ketones (excluding diaryl/α,β-unsaturated/α-hetero) is 1. The first-order valence-electron chi connectivity index (χ1n) is 8.51. The second kappa shape index (κ2) is 7.44. The molecule has 26 heavy (non-hydrogen) atoms. The molecule has 5 heteroatoms. The van der Waals surface area contributed by atoms with E-state index in [1.54, 1.807) is 62.4 Å². The summed E-state index contributed by atoms with van der Waals surface area (Å²) in [7, 11) is 0. The van der Waals surface area contributed by atoms with Gasteiger partial charge in [0.05, 0.1) is 18.1 Å². The minimum Gasteiger partial charge on any atom is -0.494 e. The van der Waals surface area contributed by atoms with Gasteiger partial charge in [-0.1, -0.05) is 32.0 Å². The molecular weight excluding hydrogens is 332 g/mol. The molecule has 1 aliphatic heterocycles. The summed E-state index contributed by atoms with van der Waals surface area (Å²) in [6.07, 6.45) is 1.59. The highest BCUT2D eigenvalue weighted by Gasteiger charge is 2.28. The lowest BCUT2D eigenvalue weighted by atomic mass is 10.1. The number of carbonyl (C=O) groups is 2. The van der Waals surface area contributed by atoms with Gasteiger partial charge in [0.15, 0.2) is 5.76 Å². The van der Waals surface area contributed by atoms with Crippen molar-refractivity contribution in [3.63, 3.8) is 0 Å². The summed E-state index contributed by atoms with van der Waals surface area (Å²) in [5, 5.41) is 0. The zero-order valence-electron chi connectivity index (χ0n) is 14.9. The van der Waals surface area contributed by atoms with Gasteiger partial charge in [0, 0.05) is 11.6 Å². The van der Waals surface area contributed by atoms with Gasteiger partial charge in [0.1, 0.15) is 17.2 Å². The van der Waals surface area contributed by atoms with E-state index in [0.717, 1.165) is 0 Å². The van der Waals surface area contributed by atoms with E-state index in [2.05, 4.69) is 0 Å². The van der Waals surface area contributed by atoms with Crippen LogP contribution >= 0.6 is 0 Å². The molecule has 0 aliphatic carbocycles. The van der Waals surface area contributed by atoms with Crippen LogP contribution in [0, 0.1) is 5.92 Å². The predicted molar refractivity (Wildman–Crippen MR) is 97.5 cm³/mol. The highest BCUT2D eigenvalue weighted by molar-refractivity contribution is 6.14. The minimum atomic E-state index is -0.334. The average Bonchev–Trinajstić information content (AvgIpc) is 2.92. The first kappa shape index (κ1) is 17.7. The third-order valence-electron chi connectivity index (χ3n) is 3.84. The number of rotatable bonds is 5. The van der Waals surface area contributed by atoms with E-state index in [-0.39, 0.29) is 23.4 Å². The highest BCUT2D eigenvalue weighted by Crippen LogP contribution is 2.35. The smallest absolute Gasteiger partial charge is 0.313 e. The summed E-state index contributed by atoms with van der Waals surface area (Å²) in [4.78, 5) is 24.5. The number of para-hydroxylation sites is 1. The molecule has 0 fully saturated rings. The molecule has 0 saturated heterocycles. The first-order valence-corrected chi connectivity index (χ1v) is 8.51. The zero-order chi connectivity index (χ0) is 18.7. The third-order valence-corrected chi connectivity index (χ3v) is 3.84. The maximum Gasteiger partial charge on any atom is 0.313 e. The molecule has 0 amide bonds. The first-order chi connectivity index (χ1) is 12.5. The maximum atomic E-state index is 12.6. The second-order valence-electron chi connectivity index (χ2n) is 6.14. The maximum absolute atomic E-state index is 12.6. The van der Waals surface area contributed by atoms with Crippen LogP contribution in [0.25, 0.3) is 6.08 Å². The van der Waals surface area contributed by atoms with Gasteiger partial charge >= 0.3 is 5.97 Å². The molecule has 3 rings (SSSR count). The highest BCUT2D eigenvalue weighted by atomic mass is 16.5. The van der Waals surface area contributed by atoms with Gasteiger partial charge in [-0.25, -0.2) is 0 Å². The Balaban J connectivity index is 1.90. The molecule has 0 saturated carbocycles. The number of hydrogen-bond acceptors (Lipinski definition) is 5. The van der Waals surface area contributed by atoms with Gasteiger partial charge in [0.25, 0.3) is 0 Å². The fraction of sp³-hybridized carbons (Fsp3) is 0.238. The number of hydrogen-bond donors (Lipinski definition) is 0. The summed E-state index contributed by atoms with van der Waals surface area (Å²) >= 11 is 0. The molecule has 0 radical (unpaired) electrons. The van der Waals surface area contributed by atoms with Crippen LogP contribution in [0.1, 0.15) is 36.7 Å². The van der Waals surface area contributed by atoms with Gasteiger partial charge in [0.2, 0.25) is 5.78 Å². The van der Waals surface area contributed by atoms with Crippen LogP contribution in [0.2, 0.25) is 0 Å². The van der Waals surface area contributed by atoms with Crippen molar-refractivity contribution in [1.82, 2.24) is 0 Å². The fourth-order valence-electron chi connectivity index (χ4n) is 2.48. The predicted octanol–water partition coefficient (Wildman–Crippen LogP) is 4.26. The van der Waals surface area contributed by atoms with E-state index >= 15 is 0 Å². The van der Waals surface area contributed by atoms with Crippen molar-refractivity contribution in [3.8, 4) is 17.2 Å². The molecule has 0 N–H and O–H groups in total. The SMILES string of the molecule is CCOc1ccc2c(c1)O/C(=C\c1ccccc1OC(=O)C(C)C)C2=O. The number of allylic oxidation sites excluding steroid dienone is 1. The fourth-order valence-corrected chi connectivity index (χ4v) is 2.48. The quantitative estimate of drug-likeness (QED) is 0.457. The monoisotopic (exact) mass is 352 g/mol. The normalized spacial score (nSPS) is 14.3. The van der Waals surface area contributed by atoms with Gasteiger partial charge in [-0.2, -0.15) is 0 Å². The van der Waals surface area contributed by atoms with Crippen LogP contribution in [0.4, 0.5) is 0 Å². The lowest BCUT2D eigenvalue weighted by molar-refractivity contribution is -0.137. The third kappa shape index (κ3) is 3.61. The minimum absolute atomic E-state index is 0.182. The van der Waals surface area contributed by atoms with Crippen LogP contribution in [0.3, 0.4) is 0 Å². The Morgan fingerprint density at radius 2 is 1.96 bits per heavy atom. The average molecular weight is 352 g/mol. The summed E-state index contributed by atoms with van der Waals surface area (Å²) in [6, 6.07) is 12.2. The van der Waals surface area contributed by atoms with Crippen LogP contribution in [-0.4, -0.2) is 18.4 Å². The Hall–Kier alpha value is -3.08. The van der Waals surface area contributed by atoms with Crippen LogP contribution in [0.15, 0.2) is 48.2 Å². The van der Waals surface area contributed by atoms with Crippen molar-refractivity contribution in [3.05, 3.63) is 59.4 Å². The van der Waals surface area contributed by atoms with Crippen molar-refractivity contribution in [2.24, 2.45) is 5.92 Å². The Kier molecular flexibility index (Phi) is 5.07. The molecule has 1 aliphatic rings. The van der Waals surface area contributed by atoms with E-state index in [4.69, 9.17) is 14.2 Å². The molecule has 2 aromatic carbocycles. The summed E-state index contributed by atoms with van der Waals surface area (Å²) in [5.74, 6) is 0.881. The number of esters is 1. The largest absolute Gasteiger partial charge is 0.494 e. The second-order valence-corrected chi connectivity index (χ2v) is 6.14. The Bertz CT molecular complexity index is 880. The number of ketones is 1. The Morgan fingerprint density at radius 1 is 1.19 bits per heavy atom. The molecule has 0 aromatic heterocycles. The molecule has 134 valence electrons. The Labute approximate surface area is 152 Å². The molecule has 0 unspecified atom stereocenters.